The highest BCUT2D eigenvalue weighted by atomic mass is 14.9. The molecule has 0 radical (unpaired) electrons. The van der Waals surface area contributed by atoms with Crippen LogP contribution < -0.4 is 5.32 Å². The van der Waals surface area contributed by atoms with E-state index in [0.29, 0.717) is 12.1 Å². The van der Waals surface area contributed by atoms with Gasteiger partial charge in [0.1, 0.15) is 0 Å². The molecular weight excluding hydrogens is 230 g/mol. The highest BCUT2D eigenvalue weighted by Gasteiger charge is 2.16. The fraction of sp³-hybridized carbons (Fsp3) is 0.556. The second kappa shape index (κ2) is 5.92. The number of rotatable bonds is 3. The summed E-state index contributed by atoms with van der Waals surface area (Å²) < 4.78 is 0. The number of benzene rings is 1. The van der Waals surface area contributed by atoms with Crippen molar-refractivity contribution in [1.29, 1.82) is 0 Å². The summed E-state index contributed by atoms with van der Waals surface area (Å²) in [5.74, 6) is 0. The lowest BCUT2D eigenvalue weighted by molar-refractivity contribution is 0.425. The van der Waals surface area contributed by atoms with Gasteiger partial charge in [-0.3, -0.25) is 0 Å². The van der Waals surface area contributed by atoms with Crippen molar-refractivity contribution in [3.05, 3.63) is 47.0 Å². The van der Waals surface area contributed by atoms with E-state index in [2.05, 4.69) is 42.6 Å². The molecule has 1 aromatic rings. The van der Waals surface area contributed by atoms with Crippen molar-refractivity contribution in [2.24, 2.45) is 0 Å². The maximum atomic E-state index is 3.79. The van der Waals surface area contributed by atoms with Gasteiger partial charge in [-0.15, -0.1) is 0 Å². The molecule has 2 unspecified atom stereocenters. The molecule has 0 fully saturated rings. The summed E-state index contributed by atoms with van der Waals surface area (Å²) >= 11 is 0. The van der Waals surface area contributed by atoms with Crippen molar-refractivity contribution in [1.82, 2.24) is 5.32 Å². The number of allylic oxidation sites excluding steroid dienone is 1. The number of fused-ring (bicyclic) bond motifs is 1. The molecule has 2 aliphatic rings. The van der Waals surface area contributed by atoms with E-state index in [1.165, 1.54) is 50.5 Å². The summed E-state index contributed by atoms with van der Waals surface area (Å²) in [5, 5.41) is 3.79. The molecule has 0 aliphatic heterocycles. The monoisotopic (exact) mass is 255 g/mol. The minimum Gasteiger partial charge on any atom is -0.307 e. The molecule has 3 rings (SSSR count). The van der Waals surface area contributed by atoms with Gasteiger partial charge in [-0.05, 0) is 68.6 Å². The molecule has 1 N–H and O–H groups in total. The normalized spacial score (nSPS) is 23.9. The molecule has 0 aromatic heterocycles. The topological polar surface area (TPSA) is 12.0 Å². The third kappa shape index (κ3) is 3.09. The van der Waals surface area contributed by atoms with Gasteiger partial charge in [0, 0.05) is 12.1 Å². The van der Waals surface area contributed by atoms with Gasteiger partial charge in [0.2, 0.25) is 0 Å². The van der Waals surface area contributed by atoms with Gasteiger partial charge in [-0.2, -0.15) is 0 Å². The van der Waals surface area contributed by atoms with Crippen LogP contribution in [0.5, 0.6) is 0 Å². The van der Waals surface area contributed by atoms with Crippen LogP contribution in [0.1, 0.15) is 61.8 Å². The van der Waals surface area contributed by atoms with Crippen molar-refractivity contribution < 1.29 is 0 Å². The van der Waals surface area contributed by atoms with Crippen LogP contribution in [0.4, 0.5) is 0 Å². The Morgan fingerprint density at radius 3 is 2.74 bits per heavy atom. The van der Waals surface area contributed by atoms with Crippen LogP contribution in [0.25, 0.3) is 0 Å². The van der Waals surface area contributed by atoms with Crippen molar-refractivity contribution in [2.75, 3.05) is 0 Å². The molecule has 19 heavy (non-hydrogen) atoms. The van der Waals surface area contributed by atoms with E-state index in [1.54, 1.807) is 11.1 Å². The number of nitrogens with one attached hydrogen (secondary N) is 1. The Morgan fingerprint density at radius 1 is 1.11 bits per heavy atom. The minimum atomic E-state index is 0.476. The Hall–Kier alpha value is -1.08. The van der Waals surface area contributed by atoms with Gasteiger partial charge in [-0.1, -0.05) is 30.4 Å². The van der Waals surface area contributed by atoms with Gasteiger partial charge in [-0.25, -0.2) is 0 Å². The maximum Gasteiger partial charge on any atom is 0.0294 e. The smallest absolute Gasteiger partial charge is 0.0294 e. The van der Waals surface area contributed by atoms with E-state index in [-0.39, 0.29) is 0 Å². The molecular formula is C18H25N. The Kier molecular flexibility index (Phi) is 4.03. The molecule has 0 saturated heterocycles. The lowest BCUT2D eigenvalue weighted by atomic mass is 9.89. The second-order valence-electron chi connectivity index (χ2n) is 6.10. The first kappa shape index (κ1) is 12.9. The lowest BCUT2D eigenvalue weighted by Gasteiger charge is -2.25. The Labute approximate surface area is 117 Å². The predicted molar refractivity (Wildman–Crippen MR) is 81.4 cm³/mol. The first-order valence-corrected chi connectivity index (χ1v) is 7.85. The largest absolute Gasteiger partial charge is 0.307 e. The SMILES string of the molecule is CC(NC1CC=CCC1)c1ccc2c(c1)CCCC2. The first-order valence-electron chi connectivity index (χ1n) is 7.85. The average molecular weight is 255 g/mol. The van der Waals surface area contributed by atoms with Crippen LogP contribution in [0.15, 0.2) is 30.4 Å². The van der Waals surface area contributed by atoms with E-state index in [0.717, 1.165) is 0 Å². The molecule has 1 aromatic carbocycles. The standard InChI is InChI=1S/C18H25N/c1-14(19-18-9-3-2-4-10-18)16-12-11-15-7-5-6-8-17(15)13-16/h2-3,11-14,18-19H,4-10H2,1H3. The highest BCUT2D eigenvalue weighted by molar-refractivity contribution is 5.35. The summed E-state index contributed by atoms with van der Waals surface area (Å²) in [4.78, 5) is 0. The summed E-state index contributed by atoms with van der Waals surface area (Å²) in [6, 6.07) is 8.29. The molecule has 1 heteroatoms. The van der Waals surface area contributed by atoms with Crippen LogP contribution in [0.3, 0.4) is 0 Å². The van der Waals surface area contributed by atoms with Gasteiger partial charge in [0.25, 0.3) is 0 Å². The second-order valence-corrected chi connectivity index (χ2v) is 6.10. The molecule has 1 nitrogen and oxygen atoms in total. The molecule has 102 valence electrons. The van der Waals surface area contributed by atoms with Gasteiger partial charge < -0.3 is 5.32 Å². The summed E-state index contributed by atoms with van der Waals surface area (Å²) in [6.45, 7) is 2.31. The zero-order valence-corrected chi connectivity index (χ0v) is 12.0. The van der Waals surface area contributed by atoms with Crippen molar-refractivity contribution in [2.45, 2.75) is 64.0 Å². The summed E-state index contributed by atoms with van der Waals surface area (Å²) in [6.07, 6.45) is 13.6. The fourth-order valence-electron chi connectivity index (χ4n) is 3.42. The van der Waals surface area contributed by atoms with Crippen molar-refractivity contribution >= 4 is 0 Å². The summed E-state index contributed by atoms with van der Waals surface area (Å²) in [5.41, 5.74) is 4.65. The van der Waals surface area contributed by atoms with Crippen molar-refractivity contribution in [3.8, 4) is 0 Å². The zero-order valence-electron chi connectivity index (χ0n) is 12.0. The third-order valence-electron chi connectivity index (χ3n) is 4.63. The van der Waals surface area contributed by atoms with Gasteiger partial charge >= 0.3 is 0 Å². The molecule has 0 bridgehead atoms. The van der Waals surface area contributed by atoms with Crippen LogP contribution in [0, 0.1) is 0 Å². The van der Waals surface area contributed by atoms with Crippen LogP contribution in [0.2, 0.25) is 0 Å². The highest BCUT2D eigenvalue weighted by Crippen LogP contribution is 2.25. The van der Waals surface area contributed by atoms with Gasteiger partial charge in [0.15, 0.2) is 0 Å². The lowest BCUT2D eigenvalue weighted by Crippen LogP contribution is -2.32. The molecule has 2 atom stereocenters. The van der Waals surface area contributed by atoms with Crippen LogP contribution in [-0.2, 0) is 12.8 Å². The van der Waals surface area contributed by atoms with Gasteiger partial charge in [0.05, 0.1) is 0 Å². The average Bonchev–Trinajstić information content (AvgIpc) is 2.48. The quantitative estimate of drug-likeness (QED) is 0.793. The predicted octanol–water partition coefficient (Wildman–Crippen LogP) is 4.32. The first-order chi connectivity index (χ1) is 9.33. The molecule has 0 heterocycles. The molecule has 0 saturated carbocycles. The van der Waals surface area contributed by atoms with E-state index in [4.69, 9.17) is 0 Å². The van der Waals surface area contributed by atoms with Crippen molar-refractivity contribution in [3.63, 3.8) is 0 Å². The van der Waals surface area contributed by atoms with E-state index in [9.17, 15) is 0 Å². The Balaban J connectivity index is 1.69. The third-order valence-corrected chi connectivity index (χ3v) is 4.63. The maximum absolute atomic E-state index is 3.79. The molecule has 0 amide bonds. The van der Waals surface area contributed by atoms with E-state index in [1.807, 2.05) is 0 Å². The molecule has 0 spiro atoms. The number of hydrogen-bond acceptors (Lipinski definition) is 1. The number of aryl methyl sites for hydroxylation is 2. The summed E-state index contributed by atoms with van der Waals surface area (Å²) in [7, 11) is 0. The fourth-order valence-corrected chi connectivity index (χ4v) is 3.42. The zero-order chi connectivity index (χ0) is 13.1. The molecule has 2 aliphatic carbocycles. The van der Waals surface area contributed by atoms with E-state index < -0.39 is 0 Å². The Morgan fingerprint density at radius 2 is 1.95 bits per heavy atom. The van der Waals surface area contributed by atoms with E-state index >= 15 is 0 Å². The van der Waals surface area contributed by atoms with Crippen LogP contribution in [-0.4, -0.2) is 6.04 Å². The number of hydrogen-bond donors (Lipinski definition) is 1. The Bertz CT molecular complexity index is 461. The minimum absolute atomic E-state index is 0.476. The van der Waals surface area contributed by atoms with Crippen LogP contribution >= 0.6 is 0 Å².